The van der Waals surface area contributed by atoms with Crippen molar-refractivity contribution in [1.29, 1.82) is 0 Å². The lowest BCUT2D eigenvalue weighted by Gasteiger charge is -2.30. The molecule has 2 aromatic carbocycles. The number of nitrogens with zero attached hydrogens (tertiary/aromatic N) is 2. The van der Waals surface area contributed by atoms with E-state index >= 15 is 0 Å². The number of rotatable bonds is 4. The van der Waals surface area contributed by atoms with E-state index in [1.165, 1.54) is 12.1 Å². The molecular formula is C20H23N3O4. The number of nitro groups is 1. The van der Waals surface area contributed by atoms with E-state index < -0.39 is 4.92 Å². The lowest BCUT2D eigenvalue weighted by Crippen LogP contribution is -2.38. The fraction of sp³-hybridized carbons (Fsp3) is 0.350. The molecule has 142 valence electrons. The quantitative estimate of drug-likeness (QED) is 0.622. The number of nitrogens with one attached hydrogen (secondary N) is 1. The largest absolute Gasteiger partial charge is 0.497 e. The van der Waals surface area contributed by atoms with Crippen LogP contribution in [0.1, 0.15) is 37.3 Å². The van der Waals surface area contributed by atoms with Crippen LogP contribution in [0.4, 0.5) is 16.2 Å². The average Bonchev–Trinajstić information content (AvgIpc) is 2.94. The monoisotopic (exact) mass is 369 g/mol. The van der Waals surface area contributed by atoms with Crippen LogP contribution >= 0.6 is 0 Å². The van der Waals surface area contributed by atoms with Gasteiger partial charge in [0.1, 0.15) is 5.75 Å². The maximum Gasteiger partial charge on any atom is 0.322 e. The molecule has 2 aromatic rings. The summed E-state index contributed by atoms with van der Waals surface area (Å²) in [7, 11) is 1.63. The van der Waals surface area contributed by atoms with Crippen LogP contribution in [-0.4, -0.2) is 29.5 Å². The number of ether oxygens (including phenoxy) is 1. The van der Waals surface area contributed by atoms with Gasteiger partial charge < -0.3 is 15.0 Å². The molecule has 1 aliphatic heterocycles. The van der Waals surface area contributed by atoms with Gasteiger partial charge in [0.15, 0.2) is 0 Å². The molecule has 0 saturated carbocycles. The molecule has 1 aliphatic rings. The average molecular weight is 369 g/mol. The van der Waals surface area contributed by atoms with Gasteiger partial charge >= 0.3 is 6.03 Å². The summed E-state index contributed by atoms with van der Waals surface area (Å²) in [6, 6.07) is 13.5. The summed E-state index contributed by atoms with van der Waals surface area (Å²) < 4.78 is 5.22. The zero-order valence-corrected chi connectivity index (χ0v) is 15.3. The molecule has 1 atom stereocenters. The van der Waals surface area contributed by atoms with Crippen molar-refractivity contribution in [2.45, 2.75) is 31.7 Å². The van der Waals surface area contributed by atoms with E-state index in [-0.39, 0.29) is 17.8 Å². The first-order valence-electron chi connectivity index (χ1n) is 9.04. The van der Waals surface area contributed by atoms with Gasteiger partial charge in [-0.1, -0.05) is 25.0 Å². The van der Waals surface area contributed by atoms with E-state index in [4.69, 9.17) is 4.74 Å². The molecule has 0 radical (unpaired) electrons. The van der Waals surface area contributed by atoms with Gasteiger partial charge in [-0.2, -0.15) is 0 Å². The van der Waals surface area contributed by atoms with Gasteiger partial charge in [-0.15, -0.1) is 0 Å². The standard InChI is InChI=1S/C20H23N3O4/c1-27-18-12-6-15(7-13-18)19-5-3-2-4-14-22(19)20(24)21-16-8-10-17(11-9-16)23(25)26/h6-13,19H,2-5,14H2,1H3,(H,21,24)/t19-/m1/s1. The lowest BCUT2D eigenvalue weighted by atomic mass is 10.0. The van der Waals surface area contributed by atoms with Crippen LogP contribution in [0.2, 0.25) is 0 Å². The highest BCUT2D eigenvalue weighted by Crippen LogP contribution is 2.31. The van der Waals surface area contributed by atoms with E-state index in [9.17, 15) is 14.9 Å². The van der Waals surface area contributed by atoms with Crippen molar-refractivity contribution in [2.24, 2.45) is 0 Å². The Morgan fingerprint density at radius 1 is 1.11 bits per heavy atom. The second-order valence-electron chi connectivity index (χ2n) is 6.57. The number of hydrogen-bond donors (Lipinski definition) is 1. The highest BCUT2D eigenvalue weighted by atomic mass is 16.6. The van der Waals surface area contributed by atoms with Gasteiger partial charge in [0.05, 0.1) is 18.1 Å². The number of benzene rings is 2. The Morgan fingerprint density at radius 2 is 1.81 bits per heavy atom. The number of urea groups is 1. The van der Waals surface area contributed by atoms with Gasteiger partial charge in [-0.3, -0.25) is 10.1 Å². The first-order valence-corrected chi connectivity index (χ1v) is 9.04. The predicted molar refractivity (Wildman–Crippen MR) is 103 cm³/mol. The summed E-state index contributed by atoms with van der Waals surface area (Å²) in [5, 5.41) is 13.6. The van der Waals surface area contributed by atoms with Gasteiger partial charge in [0.25, 0.3) is 5.69 Å². The molecule has 7 heteroatoms. The Hall–Kier alpha value is -3.09. The third-order valence-electron chi connectivity index (χ3n) is 4.84. The van der Waals surface area contributed by atoms with Crippen LogP contribution in [0, 0.1) is 10.1 Å². The van der Waals surface area contributed by atoms with Crippen molar-refractivity contribution < 1.29 is 14.5 Å². The molecule has 27 heavy (non-hydrogen) atoms. The Morgan fingerprint density at radius 3 is 2.44 bits per heavy atom. The van der Waals surface area contributed by atoms with Crippen LogP contribution in [0.15, 0.2) is 48.5 Å². The minimum Gasteiger partial charge on any atom is -0.497 e. The number of hydrogen-bond acceptors (Lipinski definition) is 4. The van der Waals surface area contributed by atoms with Gasteiger partial charge in [-0.05, 0) is 42.7 Å². The van der Waals surface area contributed by atoms with Crippen molar-refractivity contribution >= 4 is 17.4 Å². The van der Waals surface area contributed by atoms with Crippen LogP contribution < -0.4 is 10.1 Å². The van der Waals surface area contributed by atoms with E-state index in [0.29, 0.717) is 12.2 Å². The molecule has 2 amide bonds. The maximum absolute atomic E-state index is 12.9. The Kier molecular flexibility index (Phi) is 5.90. The minimum atomic E-state index is -0.458. The molecule has 0 unspecified atom stereocenters. The zero-order valence-electron chi connectivity index (χ0n) is 15.3. The topological polar surface area (TPSA) is 84.7 Å². The van der Waals surface area contributed by atoms with Crippen molar-refractivity contribution in [3.63, 3.8) is 0 Å². The lowest BCUT2D eigenvalue weighted by molar-refractivity contribution is -0.384. The number of anilines is 1. The fourth-order valence-electron chi connectivity index (χ4n) is 3.39. The first kappa shape index (κ1) is 18.7. The maximum atomic E-state index is 12.9. The van der Waals surface area contributed by atoms with Crippen molar-refractivity contribution in [2.75, 3.05) is 19.0 Å². The molecule has 1 N–H and O–H groups in total. The van der Waals surface area contributed by atoms with Crippen molar-refractivity contribution in [3.8, 4) is 5.75 Å². The SMILES string of the molecule is COc1ccc([C@H]2CCCCCN2C(=O)Nc2ccc([N+](=O)[O-])cc2)cc1. The highest BCUT2D eigenvalue weighted by Gasteiger charge is 2.27. The summed E-state index contributed by atoms with van der Waals surface area (Å²) >= 11 is 0. The number of carbonyl (C=O) groups is 1. The molecule has 0 spiro atoms. The Balaban J connectivity index is 1.77. The second-order valence-corrected chi connectivity index (χ2v) is 6.57. The number of likely N-dealkylation sites (tertiary alicyclic amines) is 1. The molecule has 1 heterocycles. The summed E-state index contributed by atoms with van der Waals surface area (Å²) in [4.78, 5) is 25.1. The fourth-order valence-corrected chi connectivity index (χ4v) is 3.39. The van der Waals surface area contributed by atoms with Crippen LogP contribution in [-0.2, 0) is 0 Å². The van der Waals surface area contributed by atoms with E-state index in [1.807, 2.05) is 29.2 Å². The summed E-state index contributed by atoms with van der Waals surface area (Å²) in [5.74, 6) is 0.786. The summed E-state index contributed by atoms with van der Waals surface area (Å²) in [5.41, 5.74) is 1.62. The van der Waals surface area contributed by atoms with Crippen LogP contribution in [0.25, 0.3) is 0 Å². The Labute approximate surface area is 158 Å². The normalized spacial score (nSPS) is 17.1. The molecule has 3 rings (SSSR count). The summed E-state index contributed by atoms with van der Waals surface area (Å²) in [6.45, 7) is 0.676. The third-order valence-corrected chi connectivity index (χ3v) is 4.84. The molecule has 0 bridgehead atoms. The van der Waals surface area contributed by atoms with Crippen LogP contribution in [0.5, 0.6) is 5.75 Å². The number of non-ortho nitro benzene ring substituents is 1. The highest BCUT2D eigenvalue weighted by molar-refractivity contribution is 5.89. The smallest absolute Gasteiger partial charge is 0.322 e. The Bertz CT molecular complexity index is 790. The predicted octanol–water partition coefficient (Wildman–Crippen LogP) is 4.75. The number of carbonyl (C=O) groups excluding carboxylic acids is 1. The second kappa shape index (κ2) is 8.53. The number of methoxy groups -OCH3 is 1. The number of nitro benzene ring substituents is 1. The third kappa shape index (κ3) is 4.55. The zero-order chi connectivity index (χ0) is 19.2. The van der Waals surface area contributed by atoms with E-state index in [2.05, 4.69) is 5.32 Å². The molecule has 1 fully saturated rings. The molecule has 7 nitrogen and oxygen atoms in total. The molecule has 0 aliphatic carbocycles. The first-order chi connectivity index (χ1) is 13.1. The number of amides is 2. The van der Waals surface area contributed by atoms with E-state index in [0.717, 1.165) is 37.0 Å². The van der Waals surface area contributed by atoms with Crippen molar-refractivity contribution in [1.82, 2.24) is 4.90 Å². The molecule has 0 aromatic heterocycles. The minimum absolute atomic E-state index is 0.00104. The van der Waals surface area contributed by atoms with Gasteiger partial charge in [0.2, 0.25) is 0 Å². The summed E-state index contributed by atoms with van der Waals surface area (Å²) in [6.07, 6.45) is 4.02. The van der Waals surface area contributed by atoms with Gasteiger partial charge in [-0.25, -0.2) is 4.79 Å². The molecular weight excluding hydrogens is 346 g/mol. The van der Waals surface area contributed by atoms with E-state index in [1.54, 1.807) is 19.2 Å². The van der Waals surface area contributed by atoms with Crippen molar-refractivity contribution in [3.05, 3.63) is 64.2 Å². The molecule has 1 saturated heterocycles. The van der Waals surface area contributed by atoms with Gasteiger partial charge in [0, 0.05) is 24.4 Å². The van der Waals surface area contributed by atoms with Crippen LogP contribution in [0.3, 0.4) is 0 Å².